The average Bonchev–Trinajstić information content (AvgIpc) is 2.76. The van der Waals surface area contributed by atoms with Gasteiger partial charge in [0.2, 0.25) is 0 Å². The first-order chi connectivity index (χ1) is 14.9. The van der Waals surface area contributed by atoms with E-state index >= 15 is 0 Å². The van der Waals surface area contributed by atoms with Gasteiger partial charge in [0, 0.05) is 20.9 Å². The molecule has 31 heavy (non-hydrogen) atoms. The zero-order valence-electron chi connectivity index (χ0n) is 16.7. The van der Waals surface area contributed by atoms with E-state index in [-0.39, 0.29) is 12.2 Å². The maximum atomic E-state index is 13.1. The molecule has 0 unspecified atom stereocenters. The third kappa shape index (κ3) is 5.00. The monoisotopic (exact) mass is 610 g/mol. The van der Waals surface area contributed by atoms with E-state index in [4.69, 9.17) is 14.7 Å². The van der Waals surface area contributed by atoms with E-state index in [0.717, 1.165) is 10.9 Å². The molecule has 2 aromatic carbocycles. The Morgan fingerprint density at radius 2 is 2.03 bits per heavy atom. The van der Waals surface area contributed by atoms with E-state index in [1.807, 2.05) is 25.1 Å². The Morgan fingerprint density at radius 1 is 1.26 bits per heavy atom. The second-order valence-corrected chi connectivity index (χ2v) is 8.87. The molecule has 1 heterocycles. The number of ether oxygens (including phenoxy) is 2. The fraction of sp³-hybridized carbons (Fsp3) is 0.238. The van der Waals surface area contributed by atoms with Crippen LogP contribution in [-0.2, 0) is 6.42 Å². The number of benzene rings is 2. The zero-order chi connectivity index (χ0) is 22.5. The fourth-order valence-electron chi connectivity index (χ4n) is 2.91. The molecule has 1 aromatic heterocycles. The molecule has 3 rings (SSSR count). The van der Waals surface area contributed by atoms with Crippen molar-refractivity contribution in [1.82, 2.24) is 9.66 Å². The van der Waals surface area contributed by atoms with Crippen LogP contribution in [0.5, 0.6) is 11.5 Å². The highest BCUT2D eigenvalue weighted by atomic mass is 79.9. The molecule has 0 amide bonds. The lowest BCUT2D eigenvalue weighted by molar-refractivity contribution is 0.327. The summed E-state index contributed by atoms with van der Waals surface area (Å²) < 4.78 is 14.2. The Balaban J connectivity index is 2.14. The normalized spacial score (nSPS) is 11.1. The molecule has 160 valence electrons. The molecule has 0 aliphatic heterocycles. The van der Waals surface area contributed by atoms with Crippen molar-refractivity contribution in [2.24, 2.45) is 5.10 Å². The molecule has 0 saturated heterocycles. The van der Waals surface area contributed by atoms with Crippen molar-refractivity contribution in [3.8, 4) is 17.6 Å². The molecule has 0 spiro atoms. The number of nitriles is 1. The summed E-state index contributed by atoms with van der Waals surface area (Å²) >= 11 is 10.4. The Labute approximate surface area is 204 Å². The van der Waals surface area contributed by atoms with Crippen LogP contribution in [0.4, 0.5) is 0 Å². The molecule has 0 bridgehead atoms. The first kappa shape index (κ1) is 23.4. The minimum absolute atomic E-state index is 0.122. The standard InChI is InChI=1S/C21H17Br3N4O3/c1-3-4-17-27-15-6-5-13(22)10-14(15)21(29)28(17)26-11-12-9-16(30-2)20(31-8-7-25)19(24)18(12)23/h5-6,9-11H,3-4,8H2,1-2H3. The number of nitrogens with zero attached hydrogens (tertiary/aromatic N) is 4. The van der Waals surface area contributed by atoms with Crippen LogP contribution in [0.1, 0.15) is 24.7 Å². The minimum Gasteiger partial charge on any atom is -0.493 e. The molecular formula is C21H17Br3N4O3. The van der Waals surface area contributed by atoms with Crippen molar-refractivity contribution < 1.29 is 9.47 Å². The highest BCUT2D eigenvalue weighted by Crippen LogP contribution is 2.42. The summed E-state index contributed by atoms with van der Waals surface area (Å²) in [4.78, 5) is 17.8. The summed E-state index contributed by atoms with van der Waals surface area (Å²) in [6, 6.07) is 9.05. The Morgan fingerprint density at radius 3 is 2.71 bits per heavy atom. The van der Waals surface area contributed by atoms with Gasteiger partial charge in [0.1, 0.15) is 11.9 Å². The number of aromatic nitrogens is 2. The number of methoxy groups -OCH3 is 1. The van der Waals surface area contributed by atoms with E-state index in [2.05, 4.69) is 57.9 Å². The zero-order valence-corrected chi connectivity index (χ0v) is 21.4. The van der Waals surface area contributed by atoms with Crippen LogP contribution in [0, 0.1) is 11.3 Å². The van der Waals surface area contributed by atoms with Gasteiger partial charge in [0.25, 0.3) is 5.56 Å². The van der Waals surface area contributed by atoms with Crippen molar-refractivity contribution in [2.75, 3.05) is 13.7 Å². The first-order valence-corrected chi connectivity index (χ1v) is 11.6. The third-order valence-corrected chi connectivity index (χ3v) is 6.95. The number of hydrogen-bond donors (Lipinski definition) is 0. The van der Waals surface area contributed by atoms with Crippen molar-refractivity contribution in [2.45, 2.75) is 19.8 Å². The summed E-state index contributed by atoms with van der Waals surface area (Å²) in [5.74, 6) is 1.40. The summed E-state index contributed by atoms with van der Waals surface area (Å²) in [6.45, 7) is 1.90. The lowest BCUT2D eigenvalue weighted by Crippen LogP contribution is -2.22. The molecule has 0 radical (unpaired) electrons. The summed E-state index contributed by atoms with van der Waals surface area (Å²) in [5, 5.41) is 13.7. The van der Waals surface area contributed by atoms with Gasteiger partial charge < -0.3 is 9.47 Å². The van der Waals surface area contributed by atoms with E-state index in [0.29, 0.717) is 49.2 Å². The van der Waals surface area contributed by atoms with Gasteiger partial charge in [0.05, 0.1) is 28.7 Å². The Bertz CT molecular complexity index is 1270. The number of fused-ring (bicyclic) bond motifs is 1. The predicted octanol–water partition coefficient (Wildman–Crippen LogP) is 5.43. The van der Waals surface area contributed by atoms with Crippen molar-refractivity contribution >= 4 is 64.9 Å². The first-order valence-electron chi connectivity index (χ1n) is 9.22. The highest BCUT2D eigenvalue weighted by molar-refractivity contribution is 9.13. The van der Waals surface area contributed by atoms with Gasteiger partial charge in [-0.3, -0.25) is 4.79 Å². The van der Waals surface area contributed by atoms with Gasteiger partial charge in [-0.25, -0.2) is 4.98 Å². The van der Waals surface area contributed by atoms with Gasteiger partial charge in [-0.05, 0) is 62.5 Å². The quantitative estimate of drug-likeness (QED) is 0.332. The van der Waals surface area contributed by atoms with Crippen LogP contribution in [0.25, 0.3) is 10.9 Å². The smallest absolute Gasteiger partial charge is 0.282 e. The fourth-order valence-corrected chi connectivity index (χ4v) is 4.21. The third-order valence-electron chi connectivity index (χ3n) is 4.32. The average molecular weight is 613 g/mol. The minimum atomic E-state index is -0.248. The van der Waals surface area contributed by atoms with E-state index < -0.39 is 0 Å². The molecular weight excluding hydrogens is 596 g/mol. The van der Waals surface area contributed by atoms with Gasteiger partial charge in [-0.1, -0.05) is 22.9 Å². The summed E-state index contributed by atoms with van der Waals surface area (Å²) in [6.07, 6.45) is 2.98. The van der Waals surface area contributed by atoms with Gasteiger partial charge in [-0.2, -0.15) is 15.0 Å². The molecule has 0 saturated carbocycles. The Hall–Kier alpha value is -2.22. The second kappa shape index (κ2) is 10.4. The highest BCUT2D eigenvalue weighted by Gasteiger charge is 2.17. The van der Waals surface area contributed by atoms with Gasteiger partial charge in [0.15, 0.2) is 18.1 Å². The van der Waals surface area contributed by atoms with Crippen LogP contribution in [0.15, 0.2) is 47.6 Å². The van der Waals surface area contributed by atoms with E-state index in [9.17, 15) is 4.79 Å². The van der Waals surface area contributed by atoms with Gasteiger partial charge in [-0.15, -0.1) is 0 Å². The molecule has 0 atom stereocenters. The maximum Gasteiger partial charge on any atom is 0.282 e. The van der Waals surface area contributed by atoms with Crippen molar-refractivity contribution in [3.63, 3.8) is 0 Å². The lowest BCUT2D eigenvalue weighted by atomic mass is 10.2. The second-order valence-electron chi connectivity index (χ2n) is 6.37. The Kier molecular flexibility index (Phi) is 7.86. The maximum absolute atomic E-state index is 13.1. The predicted molar refractivity (Wildman–Crippen MR) is 130 cm³/mol. The van der Waals surface area contributed by atoms with Crippen LogP contribution in [-0.4, -0.2) is 29.6 Å². The van der Waals surface area contributed by atoms with Crippen LogP contribution < -0.4 is 15.0 Å². The molecule has 0 aliphatic rings. The molecule has 0 aliphatic carbocycles. The summed E-state index contributed by atoms with van der Waals surface area (Å²) in [5.41, 5.74) is 1.03. The van der Waals surface area contributed by atoms with Crippen LogP contribution in [0.3, 0.4) is 0 Å². The number of aryl methyl sites for hydroxylation is 1. The van der Waals surface area contributed by atoms with Crippen molar-refractivity contribution in [3.05, 3.63) is 59.4 Å². The largest absolute Gasteiger partial charge is 0.493 e. The van der Waals surface area contributed by atoms with E-state index in [1.54, 1.807) is 18.3 Å². The molecule has 0 N–H and O–H groups in total. The molecule has 3 aromatic rings. The topological polar surface area (TPSA) is 89.5 Å². The molecule has 0 fully saturated rings. The number of rotatable bonds is 7. The lowest BCUT2D eigenvalue weighted by Gasteiger charge is -2.14. The van der Waals surface area contributed by atoms with Crippen LogP contribution in [0.2, 0.25) is 0 Å². The van der Waals surface area contributed by atoms with Crippen molar-refractivity contribution in [1.29, 1.82) is 5.26 Å². The van der Waals surface area contributed by atoms with Gasteiger partial charge >= 0.3 is 0 Å². The number of halogens is 3. The number of hydrogen-bond acceptors (Lipinski definition) is 6. The van der Waals surface area contributed by atoms with Crippen LogP contribution >= 0.6 is 47.8 Å². The molecule has 10 heteroatoms. The summed E-state index contributed by atoms with van der Waals surface area (Å²) in [7, 11) is 1.50. The SMILES string of the molecule is CCCc1nc2ccc(Br)cc2c(=O)n1N=Cc1cc(OC)c(OCC#N)c(Br)c1Br. The molecule has 7 nitrogen and oxygen atoms in total. The van der Waals surface area contributed by atoms with E-state index in [1.165, 1.54) is 11.8 Å².